The van der Waals surface area contributed by atoms with Gasteiger partial charge in [-0.1, -0.05) is 43.3 Å². The number of nitrogens with one attached hydrogen (secondary N) is 2. The average molecular weight is 379 g/mol. The van der Waals surface area contributed by atoms with E-state index < -0.39 is 0 Å². The number of hydrogen-bond acceptors (Lipinski definition) is 3. The second-order valence-electron chi connectivity index (χ2n) is 7.43. The molecule has 0 saturated heterocycles. The van der Waals surface area contributed by atoms with E-state index in [1.807, 2.05) is 38.4 Å². The van der Waals surface area contributed by atoms with E-state index in [-0.39, 0.29) is 11.9 Å². The second-order valence-corrected chi connectivity index (χ2v) is 7.43. The Hall–Kier alpha value is -2.66. The molecule has 0 fully saturated rings. The molecule has 0 aliphatic rings. The highest BCUT2D eigenvalue weighted by Crippen LogP contribution is 2.18. The van der Waals surface area contributed by atoms with Crippen LogP contribution in [-0.4, -0.2) is 41.4 Å². The molecule has 2 aromatic carbocycles. The molecule has 1 unspecified atom stereocenters. The minimum absolute atomic E-state index is 0.0909. The number of rotatable bonds is 9. The lowest BCUT2D eigenvalue weighted by atomic mass is 10.0. The zero-order chi connectivity index (χ0) is 19.9. The molecule has 0 aliphatic carbocycles. The summed E-state index contributed by atoms with van der Waals surface area (Å²) in [4.78, 5) is 22.3. The van der Waals surface area contributed by atoms with E-state index in [4.69, 9.17) is 0 Å². The Morgan fingerprint density at radius 1 is 1.14 bits per heavy atom. The van der Waals surface area contributed by atoms with Crippen LogP contribution >= 0.6 is 0 Å². The van der Waals surface area contributed by atoms with Crippen molar-refractivity contribution in [3.05, 3.63) is 65.5 Å². The van der Waals surface area contributed by atoms with Crippen LogP contribution in [0.3, 0.4) is 0 Å². The highest BCUT2D eigenvalue weighted by atomic mass is 16.1. The summed E-state index contributed by atoms with van der Waals surface area (Å²) in [5, 5.41) is 3.09. The number of amides is 1. The molecule has 3 aromatic rings. The van der Waals surface area contributed by atoms with Gasteiger partial charge in [0.15, 0.2) is 0 Å². The van der Waals surface area contributed by atoms with Gasteiger partial charge >= 0.3 is 0 Å². The molecule has 0 saturated carbocycles. The molecule has 148 valence electrons. The van der Waals surface area contributed by atoms with Crippen molar-refractivity contribution in [3.8, 4) is 0 Å². The van der Waals surface area contributed by atoms with Gasteiger partial charge in [-0.3, -0.25) is 4.79 Å². The molecule has 28 heavy (non-hydrogen) atoms. The first-order valence-electron chi connectivity index (χ1n) is 10.0. The van der Waals surface area contributed by atoms with Crippen LogP contribution in [-0.2, 0) is 17.6 Å². The molecule has 0 aliphatic heterocycles. The molecular weight excluding hydrogens is 348 g/mol. The van der Waals surface area contributed by atoms with Crippen LogP contribution in [0.4, 0.5) is 0 Å². The van der Waals surface area contributed by atoms with E-state index in [9.17, 15) is 4.79 Å². The first-order valence-corrected chi connectivity index (χ1v) is 10.0. The summed E-state index contributed by atoms with van der Waals surface area (Å²) in [6, 6.07) is 16.8. The number of imidazole rings is 1. The molecule has 0 radical (unpaired) electrons. The summed E-state index contributed by atoms with van der Waals surface area (Å²) in [7, 11) is 4.10. The van der Waals surface area contributed by atoms with E-state index in [1.54, 1.807) is 0 Å². The topological polar surface area (TPSA) is 61.0 Å². The molecule has 1 atom stereocenters. The van der Waals surface area contributed by atoms with Gasteiger partial charge in [0.05, 0.1) is 17.1 Å². The Kier molecular flexibility index (Phi) is 6.82. The lowest BCUT2D eigenvalue weighted by Gasteiger charge is -2.25. The molecule has 1 aromatic heterocycles. The Morgan fingerprint density at radius 2 is 1.89 bits per heavy atom. The molecule has 0 bridgehead atoms. The van der Waals surface area contributed by atoms with E-state index in [0.29, 0.717) is 13.0 Å². The Labute approximate surface area is 167 Å². The van der Waals surface area contributed by atoms with Crippen molar-refractivity contribution < 1.29 is 4.79 Å². The molecule has 1 amide bonds. The monoisotopic (exact) mass is 378 g/mol. The van der Waals surface area contributed by atoms with Gasteiger partial charge in [-0.15, -0.1) is 0 Å². The molecule has 5 nitrogen and oxygen atoms in total. The van der Waals surface area contributed by atoms with Crippen LogP contribution in [0.25, 0.3) is 11.0 Å². The number of aromatic nitrogens is 2. The summed E-state index contributed by atoms with van der Waals surface area (Å²) in [6.07, 6.45) is 3.10. The van der Waals surface area contributed by atoms with Crippen LogP contribution in [0.1, 0.15) is 42.8 Å². The zero-order valence-corrected chi connectivity index (χ0v) is 17.0. The van der Waals surface area contributed by atoms with Crippen molar-refractivity contribution in [1.82, 2.24) is 20.2 Å². The third-order valence-electron chi connectivity index (χ3n) is 5.14. The third-order valence-corrected chi connectivity index (χ3v) is 5.14. The molecule has 1 heterocycles. The number of aromatic amines is 1. The van der Waals surface area contributed by atoms with E-state index in [2.05, 4.69) is 51.4 Å². The van der Waals surface area contributed by atoms with E-state index in [1.165, 1.54) is 11.1 Å². The van der Waals surface area contributed by atoms with Crippen molar-refractivity contribution in [2.24, 2.45) is 0 Å². The van der Waals surface area contributed by atoms with Gasteiger partial charge in [-0.25, -0.2) is 4.98 Å². The predicted molar refractivity (Wildman–Crippen MR) is 114 cm³/mol. The van der Waals surface area contributed by atoms with Crippen LogP contribution in [0.5, 0.6) is 0 Å². The number of H-pyrrole nitrogens is 1. The predicted octanol–water partition coefficient (Wildman–Crippen LogP) is 3.87. The summed E-state index contributed by atoms with van der Waals surface area (Å²) in [6.45, 7) is 2.77. The molecular formula is C23H30N4O. The number of fused-ring (bicyclic) bond motifs is 1. The van der Waals surface area contributed by atoms with Gasteiger partial charge in [0.25, 0.3) is 0 Å². The number of benzene rings is 2. The highest BCUT2D eigenvalue weighted by molar-refractivity contribution is 5.76. The van der Waals surface area contributed by atoms with E-state index in [0.717, 1.165) is 36.1 Å². The third kappa shape index (κ3) is 5.20. The van der Waals surface area contributed by atoms with Gasteiger partial charge in [-0.05, 0) is 50.2 Å². The average Bonchev–Trinajstić information content (AvgIpc) is 3.11. The highest BCUT2D eigenvalue weighted by Gasteiger charge is 2.15. The van der Waals surface area contributed by atoms with Gasteiger partial charge in [-0.2, -0.15) is 0 Å². The molecule has 0 spiro atoms. The number of nitrogens with zero attached hydrogens (tertiary/aromatic N) is 2. The fourth-order valence-electron chi connectivity index (χ4n) is 3.41. The van der Waals surface area contributed by atoms with E-state index >= 15 is 0 Å². The lowest BCUT2D eigenvalue weighted by molar-refractivity contribution is -0.121. The first-order chi connectivity index (χ1) is 13.6. The van der Waals surface area contributed by atoms with Crippen molar-refractivity contribution in [3.63, 3.8) is 0 Å². The SMILES string of the molecule is CCc1ccc(C(CNC(=O)CCCc2nc3ccccc3[nH]2)N(C)C)cc1. The maximum Gasteiger partial charge on any atom is 0.220 e. The van der Waals surface area contributed by atoms with Crippen molar-refractivity contribution in [2.45, 2.75) is 38.6 Å². The quantitative estimate of drug-likeness (QED) is 0.594. The number of para-hydroxylation sites is 2. The fourth-order valence-corrected chi connectivity index (χ4v) is 3.41. The maximum atomic E-state index is 12.3. The van der Waals surface area contributed by atoms with Crippen LogP contribution in [0.15, 0.2) is 48.5 Å². The Morgan fingerprint density at radius 3 is 2.57 bits per heavy atom. The largest absolute Gasteiger partial charge is 0.354 e. The number of carbonyl (C=O) groups excluding carboxylic acids is 1. The summed E-state index contributed by atoms with van der Waals surface area (Å²) < 4.78 is 0. The number of aryl methyl sites for hydroxylation is 2. The number of likely N-dealkylation sites (N-methyl/N-ethyl adjacent to an activating group) is 1. The van der Waals surface area contributed by atoms with Gasteiger partial charge < -0.3 is 15.2 Å². The van der Waals surface area contributed by atoms with Crippen LogP contribution in [0, 0.1) is 0 Å². The van der Waals surface area contributed by atoms with Crippen molar-refractivity contribution in [1.29, 1.82) is 0 Å². The number of carbonyl (C=O) groups is 1. The lowest BCUT2D eigenvalue weighted by Crippen LogP contribution is -2.34. The summed E-state index contributed by atoms with van der Waals surface area (Å²) in [5.41, 5.74) is 4.58. The van der Waals surface area contributed by atoms with Crippen molar-refractivity contribution >= 4 is 16.9 Å². The summed E-state index contributed by atoms with van der Waals surface area (Å²) >= 11 is 0. The minimum Gasteiger partial charge on any atom is -0.354 e. The Balaban J connectivity index is 1.47. The standard InChI is InChI=1S/C23H30N4O/c1-4-17-12-14-18(15-13-17)21(27(2)3)16-24-23(28)11-7-10-22-25-19-8-5-6-9-20(19)26-22/h5-6,8-9,12-15,21H,4,7,10-11,16H2,1-3H3,(H,24,28)(H,25,26). The van der Waals surface area contributed by atoms with Gasteiger partial charge in [0.2, 0.25) is 5.91 Å². The smallest absolute Gasteiger partial charge is 0.220 e. The molecule has 5 heteroatoms. The normalized spacial score (nSPS) is 12.4. The zero-order valence-electron chi connectivity index (χ0n) is 17.0. The fraction of sp³-hybridized carbons (Fsp3) is 0.391. The number of hydrogen-bond donors (Lipinski definition) is 2. The Bertz CT molecular complexity index is 865. The summed E-state index contributed by atoms with van der Waals surface area (Å²) in [5.74, 6) is 1.03. The van der Waals surface area contributed by atoms with Crippen LogP contribution in [0.2, 0.25) is 0 Å². The molecule has 2 N–H and O–H groups in total. The second kappa shape index (κ2) is 9.51. The minimum atomic E-state index is 0.0909. The van der Waals surface area contributed by atoms with Gasteiger partial charge in [0.1, 0.15) is 5.82 Å². The first kappa shape index (κ1) is 20.1. The maximum absolute atomic E-state index is 12.3. The van der Waals surface area contributed by atoms with Crippen LogP contribution < -0.4 is 5.32 Å². The van der Waals surface area contributed by atoms with Crippen molar-refractivity contribution in [2.75, 3.05) is 20.6 Å². The van der Waals surface area contributed by atoms with Gasteiger partial charge in [0, 0.05) is 19.4 Å². The molecule has 3 rings (SSSR count).